The normalized spacial score (nSPS) is 9.48. The van der Waals surface area contributed by atoms with E-state index in [0.717, 1.165) is 11.1 Å². The molecule has 2 aromatic rings. The zero-order chi connectivity index (χ0) is 16.7. The van der Waals surface area contributed by atoms with Crippen LogP contribution < -0.4 is 9.47 Å². The number of rotatable bonds is 6. The summed E-state index contributed by atoms with van der Waals surface area (Å²) >= 11 is 0. The van der Waals surface area contributed by atoms with Gasteiger partial charge in [-0.3, -0.25) is 0 Å². The molecule has 116 valence electrons. The van der Waals surface area contributed by atoms with Gasteiger partial charge in [0, 0.05) is 0 Å². The van der Waals surface area contributed by atoms with Crippen LogP contribution in [0.1, 0.15) is 11.1 Å². The first-order valence-electron chi connectivity index (χ1n) is 6.76. The maximum absolute atomic E-state index is 10.4. The summed E-state index contributed by atoms with van der Waals surface area (Å²) in [7, 11) is 0. The van der Waals surface area contributed by atoms with Crippen molar-refractivity contribution in [3.05, 3.63) is 47.5 Å². The molecule has 23 heavy (non-hydrogen) atoms. The highest BCUT2D eigenvalue weighted by Crippen LogP contribution is 2.28. The first-order valence-corrected chi connectivity index (χ1v) is 6.76. The molecule has 0 aliphatic heterocycles. The summed E-state index contributed by atoms with van der Waals surface area (Å²) in [6.45, 7) is 3.64. The minimum Gasteiger partial charge on any atom is -0.457 e. The van der Waals surface area contributed by atoms with E-state index in [-0.39, 0.29) is 6.79 Å². The lowest BCUT2D eigenvalue weighted by Crippen LogP contribution is -2.05. The van der Waals surface area contributed by atoms with Crippen LogP contribution >= 0.6 is 0 Å². The lowest BCUT2D eigenvalue weighted by molar-refractivity contribution is 0.120. The van der Waals surface area contributed by atoms with E-state index in [2.05, 4.69) is 9.98 Å². The van der Waals surface area contributed by atoms with Crippen LogP contribution in [0.5, 0.6) is 11.5 Å². The predicted octanol–water partition coefficient (Wildman–Crippen LogP) is 3.65. The van der Waals surface area contributed by atoms with Gasteiger partial charge in [0.15, 0.2) is 0 Å². The molecular formula is C17H14N2O4. The Morgan fingerprint density at radius 3 is 2.35 bits per heavy atom. The highest BCUT2D eigenvalue weighted by Gasteiger charge is 2.05. The third kappa shape index (κ3) is 4.38. The van der Waals surface area contributed by atoms with Crippen LogP contribution in [-0.2, 0) is 9.59 Å². The smallest absolute Gasteiger partial charge is 0.240 e. The zero-order valence-corrected chi connectivity index (χ0v) is 12.7. The molecule has 0 spiro atoms. The number of ether oxygens (including phenoxy) is 2. The topological polar surface area (TPSA) is 77.3 Å². The summed E-state index contributed by atoms with van der Waals surface area (Å²) in [5, 5.41) is 0. The molecule has 2 aromatic carbocycles. The Balaban J connectivity index is 2.04. The van der Waals surface area contributed by atoms with Crippen molar-refractivity contribution in [2.24, 2.45) is 9.98 Å². The van der Waals surface area contributed by atoms with Gasteiger partial charge in [0.25, 0.3) is 0 Å². The molecule has 0 fully saturated rings. The largest absolute Gasteiger partial charge is 0.457 e. The molecule has 0 aromatic heterocycles. The maximum atomic E-state index is 10.4. The fourth-order valence-electron chi connectivity index (χ4n) is 1.94. The lowest BCUT2D eigenvalue weighted by Gasteiger charge is -2.11. The van der Waals surface area contributed by atoms with E-state index < -0.39 is 0 Å². The summed E-state index contributed by atoms with van der Waals surface area (Å²) in [6.07, 6.45) is 3.00. The Kier molecular flexibility index (Phi) is 5.42. The van der Waals surface area contributed by atoms with Crippen LogP contribution in [0, 0.1) is 13.8 Å². The molecule has 6 heteroatoms. The van der Waals surface area contributed by atoms with E-state index in [0.29, 0.717) is 22.9 Å². The number of benzene rings is 2. The van der Waals surface area contributed by atoms with Crippen molar-refractivity contribution in [1.82, 2.24) is 0 Å². The van der Waals surface area contributed by atoms with E-state index in [1.165, 1.54) is 12.2 Å². The average Bonchev–Trinajstić information content (AvgIpc) is 2.52. The van der Waals surface area contributed by atoms with Gasteiger partial charge in [-0.2, -0.15) is 9.98 Å². The van der Waals surface area contributed by atoms with Gasteiger partial charge >= 0.3 is 0 Å². The first kappa shape index (κ1) is 16.2. The van der Waals surface area contributed by atoms with Crippen LogP contribution in [0.3, 0.4) is 0 Å². The van der Waals surface area contributed by atoms with Gasteiger partial charge in [0.1, 0.15) is 17.2 Å². The fourth-order valence-corrected chi connectivity index (χ4v) is 1.94. The first-order chi connectivity index (χ1) is 11.1. The minimum absolute atomic E-state index is 0.0554. The number of hydrogen-bond acceptors (Lipinski definition) is 6. The maximum Gasteiger partial charge on any atom is 0.240 e. The quantitative estimate of drug-likeness (QED) is 0.463. The highest BCUT2D eigenvalue weighted by atomic mass is 16.7. The third-order valence-electron chi connectivity index (χ3n) is 3.05. The number of aliphatic imine (C=N–C) groups is 2. The second kappa shape index (κ2) is 7.71. The molecule has 0 aliphatic carbocycles. The van der Waals surface area contributed by atoms with Crippen LogP contribution in [0.25, 0.3) is 0 Å². The SMILES string of the molecule is Cc1ccc(OCOc2ccc(N=C=O)c(C)c2)c(N=C=O)c1. The molecule has 0 aliphatic rings. The Hall–Kier alpha value is -3.20. The molecule has 0 saturated heterocycles. The van der Waals surface area contributed by atoms with Crippen molar-refractivity contribution in [3.8, 4) is 11.5 Å². The molecule has 0 amide bonds. The van der Waals surface area contributed by atoms with E-state index in [9.17, 15) is 9.59 Å². The van der Waals surface area contributed by atoms with Crippen molar-refractivity contribution in [2.45, 2.75) is 13.8 Å². The summed E-state index contributed by atoms with van der Waals surface area (Å²) in [4.78, 5) is 27.9. The molecule has 0 radical (unpaired) electrons. The van der Waals surface area contributed by atoms with Crippen molar-refractivity contribution in [3.63, 3.8) is 0 Å². The van der Waals surface area contributed by atoms with E-state index >= 15 is 0 Å². The minimum atomic E-state index is -0.0554. The number of carbonyl (C=O) groups excluding carboxylic acids is 2. The Bertz CT molecular complexity index is 804. The predicted molar refractivity (Wildman–Crippen MR) is 84.0 cm³/mol. The number of nitrogens with zero attached hydrogens (tertiary/aromatic N) is 2. The molecule has 2 rings (SSSR count). The Labute approximate surface area is 133 Å². The van der Waals surface area contributed by atoms with E-state index in [1.54, 1.807) is 37.3 Å². The molecule has 0 unspecified atom stereocenters. The van der Waals surface area contributed by atoms with Gasteiger partial charge < -0.3 is 9.47 Å². The Morgan fingerprint density at radius 1 is 0.913 bits per heavy atom. The average molecular weight is 310 g/mol. The molecule has 6 nitrogen and oxygen atoms in total. The standard InChI is InChI=1S/C17H14N2O4/c1-12-3-6-17(16(7-12)19-10-21)23-11-22-14-4-5-15(18-9-20)13(2)8-14/h3-8H,11H2,1-2H3. The van der Waals surface area contributed by atoms with Gasteiger partial charge in [-0.1, -0.05) is 6.07 Å². The Morgan fingerprint density at radius 2 is 1.65 bits per heavy atom. The van der Waals surface area contributed by atoms with Gasteiger partial charge in [0.2, 0.25) is 19.0 Å². The van der Waals surface area contributed by atoms with E-state index in [1.807, 2.05) is 13.0 Å². The molecule has 0 heterocycles. The van der Waals surface area contributed by atoms with Crippen LogP contribution in [0.15, 0.2) is 46.4 Å². The second-order valence-electron chi connectivity index (χ2n) is 4.73. The lowest BCUT2D eigenvalue weighted by atomic mass is 10.2. The fraction of sp³-hybridized carbons (Fsp3) is 0.176. The molecule has 0 atom stereocenters. The van der Waals surface area contributed by atoms with Gasteiger partial charge in [-0.25, -0.2) is 9.59 Å². The highest BCUT2D eigenvalue weighted by molar-refractivity contribution is 5.59. The summed E-state index contributed by atoms with van der Waals surface area (Å²) in [5.41, 5.74) is 2.67. The van der Waals surface area contributed by atoms with Crippen LogP contribution in [0.4, 0.5) is 11.4 Å². The summed E-state index contributed by atoms with van der Waals surface area (Å²) in [5.74, 6) is 0.998. The van der Waals surface area contributed by atoms with E-state index in [4.69, 9.17) is 9.47 Å². The van der Waals surface area contributed by atoms with Crippen molar-refractivity contribution < 1.29 is 19.1 Å². The molecular weight excluding hydrogens is 296 g/mol. The number of hydrogen-bond donors (Lipinski definition) is 0. The van der Waals surface area contributed by atoms with Crippen LogP contribution in [0.2, 0.25) is 0 Å². The third-order valence-corrected chi connectivity index (χ3v) is 3.05. The monoisotopic (exact) mass is 310 g/mol. The molecule has 0 bridgehead atoms. The zero-order valence-electron chi connectivity index (χ0n) is 12.7. The van der Waals surface area contributed by atoms with Gasteiger partial charge in [-0.05, 0) is 55.3 Å². The van der Waals surface area contributed by atoms with Gasteiger partial charge in [0.05, 0.1) is 5.69 Å². The summed E-state index contributed by atoms with van der Waals surface area (Å²) < 4.78 is 11.0. The molecule has 0 saturated carbocycles. The second-order valence-corrected chi connectivity index (χ2v) is 4.73. The van der Waals surface area contributed by atoms with Crippen molar-refractivity contribution in [1.29, 1.82) is 0 Å². The summed E-state index contributed by atoms with van der Waals surface area (Å²) in [6, 6.07) is 10.3. The van der Waals surface area contributed by atoms with Crippen molar-refractivity contribution in [2.75, 3.05) is 6.79 Å². The number of isocyanates is 2. The van der Waals surface area contributed by atoms with Crippen molar-refractivity contribution >= 4 is 23.5 Å². The van der Waals surface area contributed by atoms with Gasteiger partial charge in [-0.15, -0.1) is 0 Å². The number of aryl methyl sites for hydroxylation is 2. The van der Waals surface area contributed by atoms with Crippen LogP contribution in [-0.4, -0.2) is 19.0 Å². The molecule has 0 N–H and O–H groups in total.